The Balaban J connectivity index is 1.85. The number of benzene rings is 1. The van der Waals surface area contributed by atoms with Gasteiger partial charge in [-0.05, 0) is 30.5 Å². The Kier molecular flexibility index (Phi) is 4.97. The lowest BCUT2D eigenvalue weighted by Crippen LogP contribution is -2.27. The monoisotopic (exact) mass is 329 g/mol. The summed E-state index contributed by atoms with van der Waals surface area (Å²) in [5.74, 6) is 1.44. The number of rotatable bonds is 5. The van der Waals surface area contributed by atoms with Crippen LogP contribution in [0.2, 0.25) is 0 Å². The van der Waals surface area contributed by atoms with Gasteiger partial charge in [-0.15, -0.1) is 0 Å². The van der Waals surface area contributed by atoms with Crippen LogP contribution >= 0.6 is 0 Å². The first kappa shape index (κ1) is 16.7. The number of aryl methyl sites for hydroxylation is 1. The number of aromatic amines is 1. The third kappa shape index (κ3) is 3.66. The lowest BCUT2D eigenvalue weighted by Gasteiger charge is -2.24. The van der Waals surface area contributed by atoms with Crippen LogP contribution in [0.3, 0.4) is 0 Å². The number of nitrogens with zero attached hydrogens (tertiary/aromatic N) is 2. The first-order valence-electron chi connectivity index (χ1n) is 8.24. The number of aliphatic hydroxyl groups is 1. The molecule has 2 aromatic rings. The van der Waals surface area contributed by atoms with Crippen molar-refractivity contribution in [3.63, 3.8) is 0 Å². The van der Waals surface area contributed by atoms with E-state index in [4.69, 9.17) is 4.74 Å². The molecule has 0 bridgehead atoms. The van der Waals surface area contributed by atoms with Crippen LogP contribution in [0, 0.1) is 0 Å². The second kappa shape index (κ2) is 7.15. The predicted octanol–water partition coefficient (Wildman–Crippen LogP) is 1.65. The Morgan fingerprint density at radius 3 is 3.00 bits per heavy atom. The quantitative estimate of drug-likeness (QED) is 0.872. The number of methoxy groups -OCH3 is 1. The van der Waals surface area contributed by atoms with Crippen molar-refractivity contribution in [3.8, 4) is 5.75 Å². The van der Waals surface area contributed by atoms with E-state index in [0.29, 0.717) is 25.3 Å². The van der Waals surface area contributed by atoms with E-state index >= 15 is 0 Å². The van der Waals surface area contributed by atoms with Crippen molar-refractivity contribution in [1.29, 1.82) is 0 Å². The molecule has 0 amide bonds. The summed E-state index contributed by atoms with van der Waals surface area (Å²) in [7, 11) is 1.64. The van der Waals surface area contributed by atoms with Crippen LogP contribution in [-0.4, -0.2) is 39.7 Å². The molecule has 1 fully saturated rings. The van der Waals surface area contributed by atoms with Crippen LogP contribution in [0.25, 0.3) is 0 Å². The lowest BCUT2D eigenvalue weighted by molar-refractivity contribution is 0.171. The minimum atomic E-state index is -0.387. The summed E-state index contributed by atoms with van der Waals surface area (Å²) >= 11 is 0. The maximum absolute atomic E-state index is 11.8. The zero-order chi connectivity index (χ0) is 17.1. The highest BCUT2D eigenvalue weighted by molar-refractivity contribution is 5.31. The number of nitrogens with one attached hydrogen (secondary N) is 1. The van der Waals surface area contributed by atoms with E-state index in [1.807, 2.05) is 31.2 Å². The average Bonchev–Trinajstić information content (AvgIpc) is 2.94. The fraction of sp³-hybridized carbons (Fsp3) is 0.444. The first-order valence-corrected chi connectivity index (χ1v) is 8.24. The number of β-amino-alcohol motifs (C(OH)–C–C–N with tert-alkyl or cyclic N) is 1. The molecule has 0 radical (unpaired) electrons. The minimum Gasteiger partial charge on any atom is -0.497 e. The highest BCUT2D eigenvalue weighted by atomic mass is 16.5. The van der Waals surface area contributed by atoms with Gasteiger partial charge in [0.15, 0.2) is 0 Å². The second-order valence-electron chi connectivity index (χ2n) is 6.15. The van der Waals surface area contributed by atoms with E-state index in [1.54, 1.807) is 7.11 Å². The molecular formula is C18H23N3O3. The van der Waals surface area contributed by atoms with Gasteiger partial charge >= 0.3 is 0 Å². The summed E-state index contributed by atoms with van der Waals surface area (Å²) < 4.78 is 5.30. The van der Waals surface area contributed by atoms with E-state index in [1.165, 1.54) is 6.07 Å². The van der Waals surface area contributed by atoms with Crippen molar-refractivity contribution in [2.24, 2.45) is 0 Å². The van der Waals surface area contributed by atoms with E-state index in [-0.39, 0.29) is 17.7 Å². The maximum Gasteiger partial charge on any atom is 0.251 e. The topological polar surface area (TPSA) is 78.5 Å². The van der Waals surface area contributed by atoms with Gasteiger partial charge in [-0.1, -0.05) is 19.1 Å². The fourth-order valence-corrected chi connectivity index (χ4v) is 3.26. The molecule has 6 nitrogen and oxygen atoms in total. The standard InChI is InChI=1S/C18H23N3O3/c1-3-13-8-18(23)20-17(19-13)11-21-10-14(22)9-16(21)12-5-4-6-15(7-12)24-2/h4-8,14,16,22H,3,9-11H2,1-2H3,(H,19,20,23)/t14-,16+/m1/s1. The molecule has 2 atom stereocenters. The van der Waals surface area contributed by atoms with Crippen LogP contribution in [0.15, 0.2) is 35.1 Å². The number of aromatic nitrogens is 2. The molecule has 2 heterocycles. The molecule has 0 spiro atoms. The highest BCUT2D eigenvalue weighted by Crippen LogP contribution is 2.34. The molecule has 24 heavy (non-hydrogen) atoms. The Hall–Kier alpha value is -2.18. The molecule has 128 valence electrons. The Morgan fingerprint density at radius 1 is 1.42 bits per heavy atom. The van der Waals surface area contributed by atoms with Crippen molar-refractivity contribution in [2.75, 3.05) is 13.7 Å². The zero-order valence-electron chi connectivity index (χ0n) is 14.0. The number of ether oxygens (including phenoxy) is 1. The fourth-order valence-electron chi connectivity index (χ4n) is 3.26. The summed E-state index contributed by atoms with van der Waals surface area (Å²) in [5, 5.41) is 10.1. The van der Waals surface area contributed by atoms with Crippen LogP contribution < -0.4 is 10.3 Å². The second-order valence-corrected chi connectivity index (χ2v) is 6.15. The molecule has 1 aromatic heterocycles. The predicted molar refractivity (Wildman–Crippen MR) is 91.0 cm³/mol. The molecular weight excluding hydrogens is 306 g/mol. The van der Waals surface area contributed by atoms with Crippen LogP contribution in [0.5, 0.6) is 5.75 Å². The Labute approximate surface area is 141 Å². The van der Waals surface area contributed by atoms with Gasteiger partial charge in [0.05, 0.1) is 19.8 Å². The summed E-state index contributed by atoms with van der Waals surface area (Å²) in [6, 6.07) is 9.50. The molecule has 3 rings (SSSR count). The van der Waals surface area contributed by atoms with Crippen molar-refractivity contribution < 1.29 is 9.84 Å². The maximum atomic E-state index is 11.8. The van der Waals surface area contributed by atoms with Crippen molar-refractivity contribution >= 4 is 0 Å². The number of aliphatic hydroxyl groups excluding tert-OH is 1. The van der Waals surface area contributed by atoms with Gasteiger partial charge in [0.1, 0.15) is 11.6 Å². The van der Waals surface area contributed by atoms with Gasteiger partial charge in [-0.3, -0.25) is 9.69 Å². The van der Waals surface area contributed by atoms with E-state index in [0.717, 1.165) is 23.4 Å². The third-order valence-electron chi connectivity index (χ3n) is 4.42. The molecule has 1 saturated heterocycles. The largest absolute Gasteiger partial charge is 0.497 e. The molecule has 6 heteroatoms. The molecule has 1 aliphatic heterocycles. The van der Waals surface area contributed by atoms with Crippen LogP contribution in [0.1, 0.15) is 36.5 Å². The molecule has 1 aromatic carbocycles. The molecule has 0 aliphatic carbocycles. The Bertz CT molecular complexity index is 759. The molecule has 0 saturated carbocycles. The minimum absolute atomic E-state index is 0.0747. The van der Waals surface area contributed by atoms with E-state index in [2.05, 4.69) is 14.9 Å². The number of H-pyrrole nitrogens is 1. The van der Waals surface area contributed by atoms with Gasteiger partial charge in [0, 0.05) is 24.3 Å². The summed E-state index contributed by atoms with van der Waals surface area (Å²) in [4.78, 5) is 21.2. The molecule has 0 unspecified atom stereocenters. The zero-order valence-corrected chi connectivity index (χ0v) is 14.0. The van der Waals surface area contributed by atoms with Gasteiger partial charge < -0.3 is 14.8 Å². The van der Waals surface area contributed by atoms with Crippen LogP contribution in [-0.2, 0) is 13.0 Å². The third-order valence-corrected chi connectivity index (χ3v) is 4.42. The summed E-state index contributed by atoms with van der Waals surface area (Å²) in [6.07, 6.45) is 0.992. The number of hydrogen-bond acceptors (Lipinski definition) is 5. The Morgan fingerprint density at radius 2 is 2.25 bits per heavy atom. The summed E-state index contributed by atoms with van der Waals surface area (Å²) in [5.41, 5.74) is 1.75. The van der Waals surface area contributed by atoms with Crippen LogP contribution in [0.4, 0.5) is 0 Å². The van der Waals surface area contributed by atoms with Crippen molar-refractivity contribution in [3.05, 3.63) is 57.8 Å². The van der Waals surface area contributed by atoms with Gasteiger partial charge in [0.2, 0.25) is 0 Å². The summed E-state index contributed by atoms with van der Waals surface area (Å²) in [6.45, 7) is 3.04. The normalized spacial score (nSPS) is 21.1. The average molecular weight is 329 g/mol. The first-order chi connectivity index (χ1) is 11.6. The van der Waals surface area contributed by atoms with Gasteiger partial charge in [-0.2, -0.15) is 0 Å². The lowest BCUT2D eigenvalue weighted by atomic mass is 10.0. The SMILES string of the molecule is CCc1cc(=O)[nH]c(CN2C[C@H](O)C[C@H]2c2cccc(OC)c2)n1. The smallest absolute Gasteiger partial charge is 0.251 e. The van der Waals surface area contributed by atoms with Gasteiger partial charge in [0.25, 0.3) is 5.56 Å². The van der Waals surface area contributed by atoms with Gasteiger partial charge in [-0.25, -0.2) is 4.98 Å². The number of likely N-dealkylation sites (tertiary alicyclic amines) is 1. The van der Waals surface area contributed by atoms with E-state index < -0.39 is 0 Å². The van der Waals surface area contributed by atoms with E-state index in [9.17, 15) is 9.90 Å². The molecule has 1 aliphatic rings. The number of hydrogen-bond donors (Lipinski definition) is 2. The van der Waals surface area contributed by atoms with Crippen molar-refractivity contribution in [2.45, 2.75) is 38.5 Å². The van der Waals surface area contributed by atoms with Crippen molar-refractivity contribution in [1.82, 2.24) is 14.9 Å². The molecule has 2 N–H and O–H groups in total. The highest BCUT2D eigenvalue weighted by Gasteiger charge is 2.32.